The highest BCUT2D eigenvalue weighted by atomic mass is 32.1. The second-order valence-electron chi connectivity index (χ2n) is 4.45. The van der Waals surface area contributed by atoms with Crippen molar-refractivity contribution in [2.75, 3.05) is 7.05 Å². The first-order valence-electron chi connectivity index (χ1n) is 6.48. The third-order valence-electron chi connectivity index (χ3n) is 3.19. The van der Waals surface area contributed by atoms with E-state index in [1.807, 2.05) is 30.1 Å². The van der Waals surface area contributed by atoms with E-state index in [9.17, 15) is 0 Å². The van der Waals surface area contributed by atoms with Gasteiger partial charge in [-0.05, 0) is 36.9 Å². The molecular formula is C14H21N3S. The van der Waals surface area contributed by atoms with Crippen molar-refractivity contribution < 1.29 is 0 Å². The van der Waals surface area contributed by atoms with Crippen molar-refractivity contribution in [2.24, 2.45) is 7.05 Å². The fraction of sp³-hybridized carbons (Fsp3) is 0.500. The first-order valence-corrected chi connectivity index (χ1v) is 7.36. The molecular weight excluding hydrogens is 242 g/mol. The minimum Gasteiger partial charge on any atom is -0.316 e. The zero-order valence-corrected chi connectivity index (χ0v) is 12.4. The van der Waals surface area contributed by atoms with Crippen molar-refractivity contribution >= 4 is 11.3 Å². The van der Waals surface area contributed by atoms with Crippen LogP contribution in [0.15, 0.2) is 11.4 Å². The van der Waals surface area contributed by atoms with E-state index in [4.69, 9.17) is 0 Å². The second-order valence-corrected chi connectivity index (χ2v) is 5.36. The van der Waals surface area contributed by atoms with Gasteiger partial charge in [-0.25, -0.2) is 0 Å². The summed E-state index contributed by atoms with van der Waals surface area (Å²) in [5.74, 6) is 0. The van der Waals surface area contributed by atoms with E-state index in [0.717, 1.165) is 19.4 Å². The Morgan fingerprint density at radius 3 is 2.72 bits per heavy atom. The summed E-state index contributed by atoms with van der Waals surface area (Å²) in [6, 6.07) is 2.29. The van der Waals surface area contributed by atoms with E-state index in [1.54, 1.807) is 0 Å². The first-order chi connectivity index (χ1) is 8.71. The smallest absolute Gasteiger partial charge is 0.0711 e. The van der Waals surface area contributed by atoms with Gasteiger partial charge >= 0.3 is 0 Å². The molecule has 2 heterocycles. The van der Waals surface area contributed by atoms with Crippen molar-refractivity contribution in [1.82, 2.24) is 15.1 Å². The average molecular weight is 263 g/mol. The Hall–Kier alpha value is -1.13. The van der Waals surface area contributed by atoms with Crippen LogP contribution in [0.1, 0.15) is 30.8 Å². The summed E-state index contributed by atoms with van der Waals surface area (Å²) in [6.45, 7) is 5.30. The molecule has 18 heavy (non-hydrogen) atoms. The fourth-order valence-electron chi connectivity index (χ4n) is 2.36. The van der Waals surface area contributed by atoms with Gasteiger partial charge in [0.15, 0.2) is 0 Å². The molecule has 2 rings (SSSR count). The number of thiophene rings is 1. The molecule has 0 aromatic carbocycles. The number of nitrogens with zero attached hydrogens (tertiary/aromatic N) is 2. The van der Waals surface area contributed by atoms with Crippen molar-refractivity contribution in [3.05, 3.63) is 28.4 Å². The molecule has 1 N–H and O–H groups in total. The van der Waals surface area contributed by atoms with Crippen LogP contribution < -0.4 is 5.32 Å². The minimum absolute atomic E-state index is 0.930. The summed E-state index contributed by atoms with van der Waals surface area (Å²) < 4.78 is 2.03. The van der Waals surface area contributed by atoms with E-state index in [0.29, 0.717) is 0 Å². The predicted octanol–water partition coefficient (Wildman–Crippen LogP) is 2.99. The highest BCUT2D eigenvalue weighted by Gasteiger charge is 2.16. The Bertz CT molecular complexity index is 525. The summed E-state index contributed by atoms with van der Waals surface area (Å²) >= 11 is 1.82. The lowest BCUT2D eigenvalue weighted by Crippen LogP contribution is -2.03. The molecule has 0 atom stereocenters. The topological polar surface area (TPSA) is 29.9 Å². The number of aryl methyl sites for hydroxylation is 2. The Morgan fingerprint density at radius 2 is 2.11 bits per heavy atom. The van der Waals surface area contributed by atoms with Crippen molar-refractivity contribution in [1.29, 1.82) is 0 Å². The van der Waals surface area contributed by atoms with Crippen LogP contribution in [-0.4, -0.2) is 16.8 Å². The van der Waals surface area contributed by atoms with Crippen LogP contribution in [-0.2, 0) is 26.4 Å². The van der Waals surface area contributed by atoms with Gasteiger partial charge in [0.2, 0.25) is 0 Å². The molecule has 0 radical (unpaired) electrons. The second kappa shape index (κ2) is 5.67. The molecule has 0 bridgehead atoms. The zero-order chi connectivity index (χ0) is 13.1. The molecule has 0 aliphatic heterocycles. The molecule has 98 valence electrons. The van der Waals surface area contributed by atoms with Gasteiger partial charge in [-0.2, -0.15) is 5.10 Å². The van der Waals surface area contributed by atoms with Gasteiger partial charge in [0, 0.05) is 29.7 Å². The van der Waals surface area contributed by atoms with Gasteiger partial charge in [0.05, 0.1) is 5.69 Å². The molecule has 2 aromatic rings. The normalized spacial score (nSPS) is 11.1. The molecule has 0 saturated heterocycles. The Morgan fingerprint density at radius 1 is 1.33 bits per heavy atom. The van der Waals surface area contributed by atoms with Crippen LogP contribution in [0, 0.1) is 0 Å². The largest absolute Gasteiger partial charge is 0.316 e. The monoisotopic (exact) mass is 263 g/mol. The number of nitrogens with one attached hydrogen (secondary N) is 1. The lowest BCUT2D eigenvalue weighted by Gasteiger charge is -2.02. The van der Waals surface area contributed by atoms with E-state index in [1.165, 1.54) is 27.4 Å². The van der Waals surface area contributed by atoms with Crippen LogP contribution in [0.4, 0.5) is 0 Å². The fourth-order valence-corrected chi connectivity index (χ4v) is 3.36. The van der Waals surface area contributed by atoms with E-state index >= 15 is 0 Å². The van der Waals surface area contributed by atoms with Gasteiger partial charge in [0.1, 0.15) is 0 Å². The molecule has 4 heteroatoms. The predicted molar refractivity (Wildman–Crippen MR) is 78.0 cm³/mol. The zero-order valence-electron chi connectivity index (χ0n) is 11.6. The minimum atomic E-state index is 0.930. The molecule has 0 unspecified atom stereocenters. The van der Waals surface area contributed by atoms with Gasteiger partial charge in [-0.3, -0.25) is 4.68 Å². The SMILES string of the molecule is CCc1nn(C)c(CC)c1-c1cc(CNC)cs1. The van der Waals surface area contributed by atoms with Crippen LogP contribution in [0.5, 0.6) is 0 Å². The number of rotatable bonds is 5. The molecule has 0 saturated carbocycles. The quantitative estimate of drug-likeness (QED) is 0.898. The van der Waals surface area contributed by atoms with Gasteiger partial charge < -0.3 is 5.32 Å². The van der Waals surface area contributed by atoms with Crippen molar-refractivity contribution in [3.63, 3.8) is 0 Å². The number of hydrogen-bond donors (Lipinski definition) is 1. The van der Waals surface area contributed by atoms with Gasteiger partial charge in [-0.15, -0.1) is 11.3 Å². The van der Waals surface area contributed by atoms with Crippen molar-refractivity contribution in [2.45, 2.75) is 33.2 Å². The standard InChI is InChI=1S/C14H21N3S/c1-5-11-14(12(6-2)17(4)16-11)13-7-10(8-15-3)9-18-13/h7,9,15H,5-6,8H2,1-4H3. The summed E-state index contributed by atoms with van der Waals surface area (Å²) in [5.41, 5.74) is 5.26. The highest BCUT2D eigenvalue weighted by Crippen LogP contribution is 2.33. The maximum Gasteiger partial charge on any atom is 0.0711 e. The van der Waals surface area contributed by atoms with Crippen LogP contribution >= 0.6 is 11.3 Å². The molecule has 2 aromatic heterocycles. The molecule has 0 aliphatic carbocycles. The van der Waals surface area contributed by atoms with E-state index < -0.39 is 0 Å². The molecule has 0 amide bonds. The Labute approximate surface area is 113 Å². The van der Waals surface area contributed by atoms with Crippen molar-refractivity contribution in [3.8, 4) is 10.4 Å². The van der Waals surface area contributed by atoms with Gasteiger partial charge in [0.25, 0.3) is 0 Å². The lowest BCUT2D eigenvalue weighted by atomic mass is 10.1. The Balaban J connectivity index is 2.47. The molecule has 0 spiro atoms. The van der Waals surface area contributed by atoms with Gasteiger partial charge in [-0.1, -0.05) is 13.8 Å². The lowest BCUT2D eigenvalue weighted by molar-refractivity contribution is 0.705. The number of aromatic nitrogens is 2. The van der Waals surface area contributed by atoms with Crippen LogP contribution in [0.25, 0.3) is 10.4 Å². The average Bonchev–Trinajstić information content (AvgIpc) is 2.93. The highest BCUT2D eigenvalue weighted by molar-refractivity contribution is 7.13. The third-order valence-corrected chi connectivity index (χ3v) is 4.19. The van der Waals surface area contributed by atoms with Crippen LogP contribution in [0.3, 0.4) is 0 Å². The third kappa shape index (κ3) is 2.35. The molecule has 0 fully saturated rings. The number of hydrogen-bond acceptors (Lipinski definition) is 3. The molecule has 3 nitrogen and oxygen atoms in total. The summed E-state index contributed by atoms with van der Waals surface area (Å²) in [4.78, 5) is 1.35. The van der Waals surface area contributed by atoms with Crippen LogP contribution in [0.2, 0.25) is 0 Å². The maximum absolute atomic E-state index is 4.64. The molecule has 0 aliphatic rings. The van der Waals surface area contributed by atoms with E-state index in [-0.39, 0.29) is 0 Å². The van der Waals surface area contributed by atoms with E-state index in [2.05, 4.69) is 35.7 Å². The Kier molecular flexibility index (Phi) is 4.19. The summed E-state index contributed by atoms with van der Waals surface area (Å²) in [5, 5.41) is 10.1. The maximum atomic E-state index is 4.64. The first kappa shape index (κ1) is 13.3. The summed E-state index contributed by atoms with van der Waals surface area (Å²) in [6.07, 6.45) is 2.01. The summed E-state index contributed by atoms with van der Waals surface area (Å²) in [7, 11) is 4.03.